The largest absolute Gasteiger partial charge is 0.368 e. The van der Waals surface area contributed by atoms with Gasteiger partial charge in [0.25, 0.3) is 0 Å². The van der Waals surface area contributed by atoms with Gasteiger partial charge in [-0.2, -0.15) is 0 Å². The van der Waals surface area contributed by atoms with Gasteiger partial charge in [-0.25, -0.2) is 0 Å². The standard InChI is InChI=1S/C23H29N3O2/c1-4-19-8-10-20(11-9-19)24-22(27)16-23(28)26-14-12-25(13-15-26)21-7-5-6-17(2)18(21)3/h5-11H,4,12-16H2,1-3H3,(H,24,27). The maximum atomic E-state index is 12.5. The fraction of sp³-hybridized carbons (Fsp3) is 0.391. The number of nitrogens with zero attached hydrogens (tertiary/aromatic N) is 2. The van der Waals surface area contributed by atoms with Gasteiger partial charge in [0.2, 0.25) is 11.8 Å². The molecule has 2 aromatic carbocycles. The van der Waals surface area contributed by atoms with Crippen molar-refractivity contribution in [3.05, 3.63) is 59.2 Å². The minimum absolute atomic E-state index is 0.108. The molecule has 0 spiro atoms. The minimum Gasteiger partial charge on any atom is -0.368 e. The third-order valence-corrected chi connectivity index (χ3v) is 5.51. The second-order valence-electron chi connectivity index (χ2n) is 7.36. The molecular weight excluding hydrogens is 350 g/mol. The molecule has 148 valence electrons. The number of rotatable bonds is 5. The van der Waals surface area contributed by atoms with Crippen LogP contribution in [0.15, 0.2) is 42.5 Å². The highest BCUT2D eigenvalue weighted by Crippen LogP contribution is 2.24. The third-order valence-electron chi connectivity index (χ3n) is 5.51. The Balaban J connectivity index is 1.50. The molecule has 0 unspecified atom stereocenters. The Morgan fingerprint density at radius 3 is 2.29 bits per heavy atom. The van der Waals surface area contributed by atoms with E-state index in [0.717, 1.165) is 25.2 Å². The van der Waals surface area contributed by atoms with E-state index in [4.69, 9.17) is 0 Å². The van der Waals surface area contributed by atoms with E-state index >= 15 is 0 Å². The van der Waals surface area contributed by atoms with E-state index in [-0.39, 0.29) is 18.2 Å². The topological polar surface area (TPSA) is 52.7 Å². The van der Waals surface area contributed by atoms with Gasteiger partial charge < -0.3 is 15.1 Å². The molecule has 1 aliphatic rings. The molecule has 0 atom stereocenters. The van der Waals surface area contributed by atoms with E-state index in [1.54, 1.807) is 4.90 Å². The number of amides is 2. The van der Waals surface area contributed by atoms with Crippen molar-refractivity contribution in [2.75, 3.05) is 36.4 Å². The number of hydrogen-bond donors (Lipinski definition) is 1. The Bertz CT molecular complexity index is 837. The molecule has 28 heavy (non-hydrogen) atoms. The molecule has 2 amide bonds. The molecule has 2 aromatic rings. The maximum absolute atomic E-state index is 12.5. The number of hydrogen-bond acceptors (Lipinski definition) is 3. The second-order valence-corrected chi connectivity index (χ2v) is 7.36. The van der Waals surface area contributed by atoms with Crippen LogP contribution < -0.4 is 10.2 Å². The summed E-state index contributed by atoms with van der Waals surface area (Å²) in [6.07, 6.45) is 0.847. The van der Waals surface area contributed by atoms with Gasteiger partial charge in [-0.15, -0.1) is 0 Å². The number of benzene rings is 2. The van der Waals surface area contributed by atoms with Crippen LogP contribution in [0, 0.1) is 13.8 Å². The van der Waals surface area contributed by atoms with Gasteiger partial charge in [0, 0.05) is 37.6 Å². The fourth-order valence-corrected chi connectivity index (χ4v) is 3.55. The zero-order valence-electron chi connectivity index (χ0n) is 17.0. The van der Waals surface area contributed by atoms with Crippen molar-refractivity contribution in [3.8, 4) is 0 Å². The molecule has 0 aliphatic carbocycles. The van der Waals surface area contributed by atoms with Gasteiger partial charge in [-0.1, -0.05) is 31.2 Å². The molecule has 5 heteroatoms. The van der Waals surface area contributed by atoms with E-state index in [2.05, 4.69) is 49.2 Å². The monoisotopic (exact) mass is 379 g/mol. The zero-order chi connectivity index (χ0) is 20.1. The van der Waals surface area contributed by atoms with E-state index in [9.17, 15) is 9.59 Å². The van der Waals surface area contributed by atoms with E-state index in [0.29, 0.717) is 13.1 Å². The molecule has 0 bridgehead atoms. The molecule has 0 radical (unpaired) electrons. The van der Waals surface area contributed by atoms with Crippen molar-refractivity contribution in [3.63, 3.8) is 0 Å². The van der Waals surface area contributed by atoms with Gasteiger partial charge in [0.05, 0.1) is 0 Å². The van der Waals surface area contributed by atoms with Crippen LogP contribution >= 0.6 is 0 Å². The van der Waals surface area contributed by atoms with Crippen LogP contribution in [0.3, 0.4) is 0 Å². The molecule has 1 saturated heterocycles. The van der Waals surface area contributed by atoms with Crippen molar-refractivity contribution < 1.29 is 9.59 Å². The SMILES string of the molecule is CCc1ccc(NC(=O)CC(=O)N2CCN(c3cccc(C)c3C)CC2)cc1. The van der Waals surface area contributed by atoms with Crippen molar-refractivity contribution in [2.45, 2.75) is 33.6 Å². The average molecular weight is 380 g/mol. The van der Waals surface area contributed by atoms with Crippen LogP contribution in [-0.4, -0.2) is 42.9 Å². The molecule has 3 rings (SSSR count). The summed E-state index contributed by atoms with van der Waals surface area (Å²) in [4.78, 5) is 28.8. The Hall–Kier alpha value is -2.82. The lowest BCUT2D eigenvalue weighted by Gasteiger charge is -2.37. The van der Waals surface area contributed by atoms with Crippen molar-refractivity contribution >= 4 is 23.2 Å². The summed E-state index contributed by atoms with van der Waals surface area (Å²) in [5.41, 5.74) is 5.75. The first kappa shape index (κ1) is 19.9. The summed E-state index contributed by atoms with van der Waals surface area (Å²) in [7, 11) is 0. The Morgan fingerprint density at radius 1 is 0.964 bits per heavy atom. The van der Waals surface area contributed by atoms with Gasteiger partial charge in [0.15, 0.2) is 0 Å². The normalized spacial score (nSPS) is 14.1. The van der Waals surface area contributed by atoms with Crippen LogP contribution in [-0.2, 0) is 16.0 Å². The Kier molecular flexibility index (Phi) is 6.34. The predicted molar refractivity (Wildman–Crippen MR) is 114 cm³/mol. The lowest BCUT2D eigenvalue weighted by Crippen LogP contribution is -2.49. The number of nitrogens with one attached hydrogen (secondary N) is 1. The molecule has 0 aromatic heterocycles. The van der Waals surface area contributed by atoms with Gasteiger partial charge >= 0.3 is 0 Å². The zero-order valence-corrected chi connectivity index (χ0v) is 17.0. The predicted octanol–water partition coefficient (Wildman–Crippen LogP) is 3.54. The lowest BCUT2D eigenvalue weighted by atomic mass is 10.1. The van der Waals surface area contributed by atoms with Crippen LogP contribution in [0.2, 0.25) is 0 Å². The van der Waals surface area contributed by atoms with Gasteiger partial charge in [0.1, 0.15) is 6.42 Å². The lowest BCUT2D eigenvalue weighted by molar-refractivity contribution is -0.134. The summed E-state index contributed by atoms with van der Waals surface area (Å²) in [5, 5.41) is 2.81. The maximum Gasteiger partial charge on any atom is 0.233 e. The first-order valence-electron chi connectivity index (χ1n) is 9.95. The second kappa shape index (κ2) is 8.91. The first-order valence-corrected chi connectivity index (χ1v) is 9.95. The number of carbonyl (C=O) groups is 2. The number of aryl methyl sites for hydroxylation is 2. The first-order chi connectivity index (χ1) is 13.5. The summed E-state index contributed by atoms with van der Waals surface area (Å²) < 4.78 is 0. The molecule has 5 nitrogen and oxygen atoms in total. The van der Waals surface area contributed by atoms with E-state index in [1.165, 1.54) is 22.4 Å². The molecule has 0 saturated carbocycles. The molecule has 1 fully saturated rings. The fourth-order valence-electron chi connectivity index (χ4n) is 3.55. The summed E-state index contributed by atoms with van der Waals surface area (Å²) >= 11 is 0. The van der Waals surface area contributed by atoms with Gasteiger partial charge in [-0.05, 0) is 55.2 Å². The Labute approximate surface area is 167 Å². The number of carbonyl (C=O) groups excluding carboxylic acids is 2. The van der Waals surface area contributed by atoms with Crippen molar-refractivity contribution in [2.24, 2.45) is 0 Å². The number of anilines is 2. The average Bonchev–Trinajstić information content (AvgIpc) is 2.70. The summed E-state index contributed by atoms with van der Waals surface area (Å²) in [6, 6.07) is 14.1. The number of piperazine rings is 1. The van der Waals surface area contributed by atoms with Gasteiger partial charge in [-0.3, -0.25) is 9.59 Å². The molecule has 1 heterocycles. The molecule has 1 aliphatic heterocycles. The van der Waals surface area contributed by atoms with E-state index in [1.807, 2.05) is 24.3 Å². The highest BCUT2D eigenvalue weighted by atomic mass is 16.2. The summed E-state index contributed by atoms with van der Waals surface area (Å²) in [6.45, 7) is 9.21. The Morgan fingerprint density at radius 2 is 1.64 bits per heavy atom. The van der Waals surface area contributed by atoms with Crippen LogP contribution in [0.5, 0.6) is 0 Å². The van der Waals surface area contributed by atoms with Crippen LogP contribution in [0.25, 0.3) is 0 Å². The highest BCUT2D eigenvalue weighted by Gasteiger charge is 2.23. The van der Waals surface area contributed by atoms with Crippen LogP contribution in [0.1, 0.15) is 30.0 Å². The molecule has 1 N–H and O–H groups in total. The quantitative estimate of drug-likeness (QED) is 0.809. The van der Waals surface area contributed by atoms with E-state index < -0.39 is 0 Å². The third kappa shape index (κ3) is 4.71. The van der Waals surface area contributed by atoms with Crippen LogP contribution in [0.4, 0.5) is 11.4 Å². The summed E-state index contributed by atoms with van der Waals surface area (Å²) in [5.74, 6) is -0.366. The molecular formula is C23H29N3O2. The van der Waals surface area contributed by atoms with Crippen molar-refractivity contribution in [1.29, 1.82) is 0 Å². The minimum atomic E-state index is -0.258. The smallest absolute Gasteiger partial charge is 0.233 e. The van der Waals surface area contributed by atoms with Crippen molar-refractivity contribution in [1.82, 2.24) is 4.90 Å². The highest BCUT2D eigenvalue weighted by molar-refractivity contribution is 6.03.